The van der Waals surface area contributed by atoms with Gasteiger partial charge in [-0.1, -0.05) is 47.1 Å². The number of ether oxygens (including phenoxy) is 1. The number of aromatic nitrogens is 3. The Labute approximate surface area is 186 Å². The third-order valence-electron chi connectivity index (χ3n) is 4.61. The molecular weight excluding hydrogens is 420 g/mol. The van der Waals surface area contributed by atoms with Gasteiger partial charge >= 0.3 is 0 Å². The number of carbonyl (C=O) groups excluding carboxylic acids is 1. The van der Waals surface area contributed by atoms with Crippen molar-refractivity contribution in [1.29, 1.82) is 0 Å². The Kier molecular flexibility index (Phi) is 7.05. The Morgan fingerprint density at radius 2 is 1.87 bits per heavy atom. The van der Waals surface area contributed by atoms with Crippen molar-refractivity contribution < 1.29 is 9.53 Å². The van der Waals surface area contributed by atoms with Gasteiger partial charge < -0.3 is 14.6 Å². The Morgan fingerprint density at radius 1 is 1.17 bits per heavy atom. The predicted octanol–water partition coefficient (Wildman–Crippen LogP) is 5.26. The lowest BCUT2D eigenvalue weighted by molar-refractivity contribution is -0.113. The molecule has 1 amide bonds. The van der Waals surface area contributed by atoms with E-state index in [1.807, 2.05) is 75.7 Å². The van der Waals surface area contributed by atoms with E-state index < -0.39 is 0 Å². The average molecular weight is 445 g/mol. The molecule has 1 unspecified atom stereocenters. The van der Waals surface area contributed by atoms with E-state index in [0.717, 1.165) is 22.4 Å². The Morgan fingerprint density at radius 3 is 2.60 bits per heavy atom. The number of benzene rings is 2. The van der Waals surface area contributed by atoms with Gasteiger partial charge in [-0.05, 0) is 57.0 Å². The van der Waals surface area contributed by atoms with E-state index in [9.17, 15) is 4.79 Å². The highest BCUT2D eigenvalue weighted by atomic mass is 35.5. The number of carbonyl (C=O) groups is 1. The van der Waals surface area contributed by atoms with Crippen LogP contribution in [0.2, 0.25) is 5.02 Å². The Bertz CT molecular complexity index is 1070. The lowest BCUT2D eigenvalue weighted by Gasteiger charge is -2.15. The van der Waals surface area contributed by atoms with Gasteiger partial charge in [-0.3, -0.25) is 4.79 Å². The van der Waals surface area contributed by atoms with Crippen LogP contribution in [-0.4, -0.2) is 26.4 Å². The summed E-state index contributed by atoms with van der Waals surface area (Å²) in [4.78, 5) is 12.4. The molecule has 0 saturated heterocycles. The topological polar surface area (TPSA) is 69.0 Å². The first kappa shape index (κ1) is 22.2. The lowest BCUT2D eigenvalue weighted by atomic mass is 10.1. The van der Waals surface area contributed by atoms with Crippen molar-refractivity contribution in [3.05, 3.63) is 63.9 Å². The van der Waals surface area contributed by atoms with E-state index in [4.69, 9.17) is 16.3 Å². The molecule has 30 heavy (non-hydrogen) atoms. The summed E-state index contributed by atoms with van der Waals surface area (Å²) in [6.45, 7) is 7.88. The predicted molar refractivity (Wildman–Crippen MR) is 122 cm³/mol. The maximum atomic E-state index is 12.4. The van der Waals surface area contributed by atoms with Crippen LogP contribution in [0.4, 0.5) is 5.69 Å². The molecule has 1 aromatic heterocycles. The van der Waals surface area contributed by atoms with Crippen LogP contribution in [0.25, 0.3) is 0 Å². The largest absolute Gasteiger partial charge is 0.481 e. The third kappa shape index (κ3) is 5.34. The van der Waals surface area contributed by atoms with Gasteiger partial charge in [0.05, 0.1) is 10.8 Å². The van der Waals surface area contributed by atoms with E-state index in [-0.39, 0.29) is 17.8 Å². The van der Waals surface area contributed by atoms with Crippen molar-refractivity contribution in [2.24, 2.45) is 7.05 Å². The molecule has 0 aliphatic rings. The molecule has 6 nitrogen and oxygen atoms in total. The Hall–Kier alpha value is -2.51. The van der Waals surface area contributed by atoms with Crippen molar-refractivity contribution in [2.75, 3.05) is 11.1 Å². The zero-order valence-corrected chi connectivity index (χ0v) is 19.3. The normalized spacial score (nSPS) is 11.9. The van der Waals surface area contributed by atoms with E-state index in [1.165, 1.54) is 11.8 Å². The summed E-state index contributed by atoms with van der Waals surface area (Å²) >= 11 is 7.56. The summed E-state index contributed by atoms with van der Waals surface area (Å²) in [6.07, 6.45) is -0.347. The molecule has 0 aliphatic carbocycles. The van der Waals surface area contributed by atoms with E-state index in [2.05, 4.69) is 15.5 Å². The SMILES string of the molecule is Cc1ccc(NC(=O)CSc2nnc(C(C)Oc3cc(C)ccc3Cl)n2C)c(C)c1. The number of nitrogens with zero attached hydrogens (tertiary/aromatic N) is 3. The fraction of sp³-hybridized carbons (Fsp3) is 0.318. The molecule has 0 aliphatic heterocycles. The first-order valence-corrected chi connectivity index (χ1v) is 10.9. The molecule has 8 heteroatoms. The highest BCUT2D eigenvalue weighted by Crippen LogP contribution is 2.30. The minimum Gasteiger partial charge on any atom is -0.481 e. The maximum absolute atomic E-state index is 12.4. The van der Waals surface area contributed by atoms with Crippen LogP contribution in [0.3, 0.4) is 0 Å². The minimum absolute atomic E-state index is 0.0904. The molecule has 0 fully saturated rings. The monoisotopic (exact) mass is 444 g/mol. The van der Waals surface area contributed by atoms with Crippen molar-refractivity contribution in [3.8, 4) is 5.75 Å². The summed E-state index contributed by atoms with van der Waals surface area (Å²) in [6, 6.07) is 11.6. The number of rotatable bonds is 7. The summed E-state index contributed by atoms with van der Waals surface area (Å²) in [5.74, 6) is 1.41. The van der Waals surface area contributed by atoms with Gasteiger partial charge in [0.2, 0.25) is 5.91 Å². The van der Waals surface area contributed by atoms with Crippen LogP contribution >= 0.6 is 23.4 Å². The summed E-state index contributed by atoms with van der Waals surface area (Å²) < 4.78 is 7.83. The van der Waals surface area contributed by atoms with Crippen LogP contribution in [0.15, 0.2) is 41.6 Å². The Balaban J connectivity index is 1.62. The molecule has 0 saturated carbocycles. The highest BCUT2D eigenvalue weighted by molar-refractivity contribution is 7.99. The zero-order chi connectivity index (χ0) is 21.8. The van der Waals surface area contributed by atoms with Crippen LogP contribution in [-0.2, 0) is 11.8 Å². The molecule has 2 aromatic carbocycles. The van der Waals surface area contributed by atoms with Gasteiger partial charge in [0, 0.05) is 12.7 Å². The molecule has 1 N–H and O–H groups in total. The van der Waals surface area contributed by atoms with Gasteiger partial charge in [0.15, 0.2) is 17.1 Å². The second kappa shape index (κ2) is 9.53. The molecule has 158 valence electrons. The molecule has 0 radical (unpaired) electrons. The van der Waals surface area contributed by atoms with Crippen LogP contribution in [0.1, 0.15) is 35.5 Å². The quantitative estimate of drug-likeness (QED) is 0.503. The number of thioether (sulfide) groups is 1. The molecule has 3 aromatic rings. The number of aryl methyl sites for hydroxylation is 3. The second-order valence-corrected chi connectivity index (χ2v) is 8.60. The summed E-state index contributed by atoms with van der Waals surface area (Å²) in [5, 5.41) is 12.6. The molecule has 3 rings (SSSR count). The highest BCUT2D eigenvalue weighted by Gasteiger charge is 2.19. The maximum Gasteiger partial charge on any atom is 0.234 e. The van der Waals surface area contributed by atoms with E-state index in [1.54, 1.807) is 0 Å². The summed E-state index contributed by atoms with van der Waals surface area (Å²) in [7, 11) is 1.86. The smallest absolute Gasteiger partial charge is 0.234 e. The third-order valence-corrected chi connectivity index (χ3v) is 5.94. The number of anilines is 1. The van der Waals surface area contributed by atoms with Crippen LogP contribution in [0, 0.1) is 20.8 Å². The first-order valence-electron chi connectivity index (χ1n) is 9.56. The lowest BCUT2D eigenvalue weighted by Crippen LogP contribution is -2.15. The number of halogens is 1. The zero-order valence-electron chi connectivity index (χ0n) is 17.7. The fourth-order valence-electron chi connectivity index (χ4n) is 3.02. The number of hydrogen-bond acceptors (Lipinski definition) is 5. The van der Waals surface area contributed by atoms with Crippen molar-refractivity contribution in [1.82, 2.24) is 14.8 Å². The fourth-order valence-corrected chi connectivity index (χ4v) is 3.90. The average Bonchev–Trinajstić information content (AvgIpc) is 3.06. The summed E-state index contributed by atoms with van der Waals surface area (Å²) in [5.41, 5.74) is 4.08. The van der Waals surface area contributed by atoms with Gasteiger partial charge in [-0.25, -0.2) is 0 Å². The first-order chi connectivity index (χ1) is 14.2. The van der Waals surface area contributed by atoms with Gasteiger partial charge in [0.25, 0.3) is 0 Å². The van der Waals surface area contributed by atoms with Gasteiger partial charge in [0.1, 0.15) is 5.75 Å². The molecular formula is C22H25ClN4O2S. The standard InChI is InChI=1S/C22H25ClN4O2S/c1-13-7-9-18(15(3)10-13)24-20(28)12-30-22-26-25-21(27(22)5)16(4)29-19-11-14(2)6-8-17(19)23/h6-11,16H,12H2,1-5H3,(H,24,28). The molecule has 0 bridgehead atoms. The van der Waals surface area contributed by atoms with Crippen molar-refractivity contribution in [3.63, 3.8) is 0 Å². The molecule has 1 atom stereocenters. The van der Waals surface area contributed by atoms with Gasteiger partial charge in [-0.15, -0.1) is 10.2 Å². The van der Waals surface area contributed by atoms with Crippen LogP contribution in [0.5, 0.6) is 5.75 Å². The number of hydrogen-bond donors (Lipinski definition) is 1. The van der Waals surface area contributed by atoms with Crippen molar-refractivity contribution >= 4 is 35.0 Å². The second-order valence-electron chi connectivity index (χ2n) is 7.25. The molecule has 1 heterocycles. The molecule has 0 spiro atoms. The van der Waals surface area contributed by atoms with Crippen molar-refractivity contribution in [2.45, 2.75) is 39.0 Å². The van der Waals surface area contributed by atoms with E-state index in [0.29, 0.717) is 21.8 Å². The van der Waals surface area contributed by atoms with Gasteiger partial charge in [-0.2, -0.15) is 0 Å². The van der Waals surface area contributed by atoms with E-state index >= 15 is 0 Å². The minimum atomic E-state index is -0.347. The number of nitrogens with one attached hydrogen (secondary N) is 1. The van der Waals surface area contributed by atoms with Crippen LogP contribution < -0.4 is 10.1 Å². The number of amides is 1.